The largest absolute Gasteiger partial charge is 0.471 e. The lowest BCUT2D eigenvalue weighted by atomic mass is 10.1. The minimum Gasteiger partial charge on any atom is -0.471 e. The van der Waals surface area contributed by atoms with Gasteiger partial charge in [-0.15, -0.1) is 0 Å². The van der Waals surface area contributed by atoms with Crippen LogP contribution in [0.3, 0.4) is 0 Å². The van der Waals surface area contributed by atoms with Gasteiger partial charge in [0.05, 0.1) is 11.2 Å². The molecule has 1 saturated heterocycles. The number of hydrogen-bond donors (Lipinski definition) is 0. The predicted octanol–water partition coefficient (Wildman–Crippen LogP) is 2.33. The Morgan fingerprint density at radius 3 is 2.82 bits per heavy atom. The molecule has 112 valence electrons. The molecule has 2 aliphatic heterocycles. The molecular formula is C17H17N3O2. The van der Waals surface area contributed by atoms with Crippen molar-refractivity contribution in [2.45, 2.75) is 25.0 Å². The summed E-state index contributed by atoms with van der Waals surface area (Å²) in [6.45, 7) is 1.64. The number of carbonyl (C=O) groups excluding carboxylic acids is 1. The van der Waals surface area contributed by atoms with E-state index in [0.717, 1.165) is 42.5 Å². The molecule has 2 aliphatic rings. The highest BCUT2D eigenvalue weighted by Crippen LogP contribution is 2.29. The molecule has 4 rings (SSSR count). The van der Waals surface area contributed by atoms with Crippen LogP contribution in [0.4, 0.5) is 0 Å². The lowest BCUT2D eigenvalue weighted by Crippen LogP contribution is -2.38. The third-order valence-corrected chi connectivity index (χ3v) is 4.30. The molecule has 0 N–H and O–H groups in total. The fraction of sp³-hybridized carbons (Fsp3) is 0.353. The first kappa shape index (κ1) is 13.2. The van der Waals surface area contributed by atoms with E-state index in [4.69, 9.17) is 4.74 Å². The molecule has 1 fully saturated rings. The van der Waals surface area contributed by atoms with Crippen molar-refractivity contribution in [3.63, 3.8) is 0 Å². The second-order valence-corrected chi connectivity index (χ2v) is 5.72. The van der Waals surface area contributed by atoms with Crippen molar-refractivity contribution in [3.05, 3.63) is 42.1 Å². The van der Waals surface area contributed by atoms with Gasteiger partial charge in [0.2, 0.25) is 0 Å². The molecule has 0 aliphatic carbocycles. The van der Waals surface area contributed by atoms with E-state index in [0.29, 0.717) is 0 Å². The highest BCUT2D eigenvalue weighted by molar-refractivity contribution is 5.86. The van der Waals surface area contributed by atoms with Crippen LogP contribution in [0.2, 0.25) is 0 Å². The third-order valence-electron chi connectivity index (χ3n) is 4.30. The second kappa shape index (κ2) is 5.40. The lowest BCUT2D eigenvalue weighted by Gasteiger charge is -2.22. The molecule has 0 bridgehead atoms. The zero-order chi connectivity index (χ0) is 14.9. The number of ether oxygens (including phenoxy) is 1. The molecule has 1 aromatic carbocycles. The number of benzene rings is 1. The molecular weight excluding hydrogens is 278 g/mol. The summed E-state index contributed by atoms with van der Waals surface area (Å²) in [6, 6.07) is 11.3. The van der Waals surface area contributed by atoms with Gasteiger partial charge in [-0.05, 0) is 25.0 Å². The highest BCUT2D eigenvalue weighted by Gasteiger charge is 2.38. The third kappa shape index (κ3) is 2.22. The average molecular weight is 295 g/mol. The molecule has 1 aromatic heterocycles. The summed E-state index contributed by atoms with van der Waals surface area (Å²) in [4.78, 5) is 23.4. The average Bonchev–Trinajstić information content (AvgIpc) is 3.25. The van der Waals surface area contributed by atoms with Crippen LogP contribution in [0.1, 0.15) is 24.6 Å². The van der Waals surface area contributed by atoms with Gasteiger partial charge in [-0.3, -0.25) is 4.79 Å². The van der Waals surface area contributed by atoms with Gasteiger partial charge in [-0.1, -0.05) is 24.3 Å². The minimum absolute atomic E-state index is 0.0474. The number of hydrogen-bond acceptors (Lipinski definition) is 4. The molecule has 5 heteroatoms. The summed E-state index contributed by atoms with van der Waals surface area (Å²) < 4.78 is 5.58. The lowest BCUT2D eigenvalue weighted by molar-refractivity contribution is -0.133. The Hall–Kier alpha value is -2.43. The number of aliphatic imine (C=N–C) groups is 1. The molecule has 0 saturated carbocycles. The normalized spacial score (nSPS) is 23.9. The Labute approximate surface area is 128 Å². The van der Waals surface area contributed by atoms with Gasteiger partial charge < -0.3 is 9.64 Å². The zero-order valence-electron chi connectivity index (χ0n) is 12.2. The number of carbonyl (C=O) groups is 1. The maximum absolute atomic E-state index is 12.6. The fourth-order valence-corrected chi connectivity index (χ4v) is 3.11. The Balaban J connectivity index is 1.63. The van der Waals surface area contributed by atoms with Gasteiger partial charge in [0.25, 0.3) is 5.91 Å². The number of aromatic nitrogens is 1. The van der Waals surface area contributed by atoms with Gasteiger partial charge in [0, 0.05) is 18.5 Å². The Bertz CT molecular complexity index is 738. The monoisotopic (exact) mass is 295 g/mol. The van der Waals surface area contributed by atoms with Gasteiger partial charge >= 0.3 is 0 Å². The number of rotatable bonds is 2. The van der Waals surface area contributed by atoms with Crippen LogP contribution in [0, 0.1) is 0 Å². The highest BCUT2D eigenvalue weighted by atomic mass is 16.5. The first-order valence-corrected chi connectivity index (χ1v) is 7.64. The molecule has 2 aromatic rings. The predicted molar refractivity (Wildman–Crippen MR) is 83.7 cm³/mol. The Morgan fingerprint density at radius 1 is 1.14 bits per heavy atom. The molecule has 5 nitrogen and oxygen atoms in total. The van der Waals surface area contributed by atoms with Crippen LogP contribution >= 0.6 is 0 Å². The van der Waals surface area contributed by atoms with Crippen molar-refractivity contribution < 1.29 is 9.53 Å². The van der Waals surface area contributed by atoms with Gasteiger partial charge in [0.1, 0.15) is 0 Å². The smallest absolute Gasteiger partial charge is 0.251 e. The van der Waals surface area contributed by atoms with Gasteiger partial charge in [-0.2, -0.15) is 0 Å². The SMILES string of the molecule is O=C(C1N=COC1c1ccc2ccccc2n1)N1CCCC1. The van der Waals surface area contributed by atoms with Crippen molar-refractivity contribution in [3.8, 4) is 0 Å². The van der Waals surface area contributed by atoms with Crippen LogP contribution in [-0.2, 0) is 9.53 Å². The van der Waals surface area contributed by atoms with Crippen LogP contribution < -0.4 is 0 Å². The van der Waals surface area contributed by atoms with Crippen molar-refractivity contribution in [2.75, 3.05) is 13.1 Å². The molecule has 0 radical (unpaired) electrons. The van der Waals surface area contributed by atoms with E-state index in [1.54, 1.807) is 0 Å². The summed E-state index contributed by atoms with van der Waals surface area (Å²) in [7, 11) is 0. The van der Waals surface area contributed by atoms with Crippen molar-refractivity contribution in [1.29, 1.82) is 0 Å². The quantitative estimate of drug-likeness (QED) is 0.854. The zero-order valence-corrected chi connectivity index (χ0v) is 12.2. The maximum Gasteiger partial charge on any atom is 0.251 e. The number of amides is 1. The van der Waals surface area contributed by atoms with E-state index < -0.39 is 12.1 Å². The van der Waals surface area contributed by atoms with Gasteiger partial charge in [0.15, 0.2) is 18.5 Å². The summed E-state index contributed by atoms with van der Waals surface area (Å²) in [5.74, 6) is 0.0474. The first-order chi connectivity index (χ1) is 10.8. The van der Waals surface area contributed by atoms with Crippen LogP contribution in [0.15, 0.2) is 41.4 Å². The maximum atomic E-state index is 12.6. The Kier molecular flexibility index (Phi) is 3.25. The number of pyridine rings is 1. The molecule has 2 unspecified atom stereocenters. The van der Waals surface area contributed by atoms with Crippen LogP contribution in [-0.4, -0.2) is 41.3 Å². The van der Waals surface area contributed by atoms with Crippen LogP contribution in [0.25, 0.3) is 10.9 Å². The minimum atomic E-state index is -0.508. The van der Waals surface area contributed by atoms with Crippen molar-refractivity contribution >= 4 is 23.2 Å². The Morgan fingerprint density at radius 2 is 1.95 bits per heavy atom. The first-order valence-electron chi connectivity index (χ1n) is 7.64. The van der Waals surface area contributed by atoms with E-state index in [9.17, 15) is 4.79 Å². The number of fused-ring (bicyclic) bond motifs is 1. The standard InChI is InChI=1S/C17H17N3O2/c21-17(20-9-3-4-10-20)15-16(22-11-18-15)14-8-7-12-5-1-2-6-13(12)19-14/h1-2,5-8,11,15-16H,3-4,9-10H2. The van der Waals surface area contributed by atoms with Crippen molar-refractivity contribution in [1.82, 2.24) is 9.88 Å². The van der Waals surface area contributed by atoms with E-state index >= 15 is 0 Å². The molecule has 0 spiro atoms. The number of nitrogens with zero attached hydrogens (tertiary/aromatic N) is 3. The summed E-state index contributed by atoms with van der Waals surface area (Å²) >= 11 is 0. The van der Waals surface area contributed by atoms with E-state index in [-0.39, 0.29) is 5.91 Å². The van der Waals surface area contributed by atoms with Crippen molar-refractivity contribution in [2.24, 2.45) is 4.99 Å². The fourth-order valence-electron chi connectivity index (χ4n) is 3.11. The number of para-hydroxylation sites is 1. The second-order valence-electron chi connectivity index (χ2n) is 5.72. The summed E-state index contributed by atoms with van der Waals surface area (Å²) in [5, 5.41) is 1.08. The summed E-state index contributed by atoms with van der Waals surface area (Å²) in [5.41, 5.74) is 1.66. The molecule has 3 heterocycles. The van der Waals surface area contributed by atoms with Crippen LogP contribution in [0.5, 0.6) is 0 Å². The molecule has 22 heavy (non-hydrogen) atoms. The topological polar surface area (TPSA) is 54.8 Å². The van der Waals surface area contributed by atoms with Gasteiger partial charge in [-0.25, -0.2) is 9.98 Å². The summed E-state index contributed by atoms with van der Waals surface area (Å²) in [6.07, 6.45) is 3.11. The molecule has 2 atom stereocenters. The molecule has 1 amide bonds. The van der Waals surface area contributed by atoms with E-state index in [1.807, 2.05) is 41.3 Å². The van der Waals surface area contributed by atoms with E-state index in [1.165, 1.54) is 6.40 Å². The van der Waals surface area contributed by atoms with E-state index in [2.05, 4.69) is 9.98 Å². The number of likely N-dealkylation sites (tertiary alicyclic amines) is 1.